The second-order valence-corrected chi connectivity index (χ2v) is 20.0. The van der Waals surface area contributed by atoms with Crippen LogP contribution in [0.25, 0.3) is 0 Å². The summed E-state index contributed by atoms with van der Waals surface area (Å²) in [6.07, 6.45) is 4.60. The van der Waals surface area contributed by atoms with Crippen LogP contribution in [0.15, 0.2) is 30.9 Å². The fourth-order valence-electron chi connectivity index (χ4n) is 8.36. The van der Waals surface area contributed by atoms with Crippen molar-refractivity contribution in [1.82, 2.24) is 25.5 Å². The summed E-state index contributed by atoms with van der Waals surface area (Å²) in [5.41, 5.74) is -2.29. The first kappa shape index (κ1) is 43.6. The molecule has 0 spiro atoms. The van der Waals surface area contributed by atoms with E-state index in [1.54, 1.807) is 53.7 Å². The van der Waals surface area contributed by atoms with E-state index in [0.29, 0.717) is 36.8 Å². The van der Waals surface area contributed by atoms with Gasteiger partial charge in [0.25, 0.3) is 5.91 Å². The molecular formula is C41H59FN5O10P. The smallest absolute Gasteiger partial charge is 0.435 e. The summed E-state index contributed by atoms with van der Waals surface area (Å²) in [7, 11) is -4.17. The van der Waals surface area contributed by atoms with E-state index in [0.717, 1.165) is 25.7 Å². The highest BCUT2D eigenvalue weighted by atomic mass is 31.2. The number of alkyl carbamates (subject to hydrolysis) is 1. The molecule has 320 valence electrons. The van der Waals surface area contributed by atoms with Gasteiger partial charge in [-0.25, -0.2) is 18.5 Å². The highest BCUT2D eigenvalue weighted by molar-refractivity contribution is 7.52. The highest BCUT2D eigenvalue weighted by Crippen LogP contribution is 2.53. The summed E-state index contributed by atoms with van der Waals surface area (Å²) < 4.78 is 52.2. The van der Waals surface area contributed by atoms with E-state index in [1.807, 2.05) is 0 Å². The molecule has 0 radical (unpaired) electrons. The minimum absolute atomic E-state index is 0.00855. The van der Waals surface area contributed by atoms with Crippen LogP contribution < -0.4 is 15.7 Å². The Balaban J connectivity index is 1.23. The van der Waals surface area contributed by atoms with Gasteiger partial charge >= 0.3 is 19.9 Å². The molecule has 0 aromatic heterocycles. The Labute approximate surface area is 340 Å². The number of halogens is 1. The molecular weight excluding hydrogens is 772 g/mol. The van der Waals surface area contributed by atoms with E-state index >= 15 is 0 Å². The van der Waals surface area contributed by atoms with Crippen molar-refractivity contribution in [2.24, 2.45) is 11.3 Å². The molecule has 2 aliphatic heterocycles. The third-order valence-electron chi connectivity index (χ3n) is 11.5. The fourth-order valence-corrected chi connectivity index (χ4v) is 10.2. The molecule has 5 atom stereocenters. The highest BCUT2D eigenvalue weighted by Gasteiger charge is 2.62. The molecule has 2 unspecified atom stereocenters. The molecule has 6 rings (SSSR count). The van der Waals surface area contributed by atoms with E-state index in [2.05, 4.69) is 22.3 Å². The summed E-state index contributed by atoms with van der Waals surface area (Å²) in [5, 5.41) is 8.09. The van der Waals surface area contributed by atoms with E-state index in [9.17, 15) is 32.9 Å². The second kappa shape index (κ2) is 16.9. The molecule has 1 aromatic rings. The zero-order valence-corrected chi connectivity index (χ0v) is 35.4. The van der Waals surface area contributed by atoms with Crippen molar-refractivity contribution in [3.8, 4) is 0 Å². The van der Waals surface area contributed by atoms with Gasteiger partial charge < -0.3 is 25.0 Å². The molecule has 3 saturated carbocycles. The Kier molecular flexibility index (Phi) is 12.7. The number of carbonyl (C=O) groups is 5. The van der Waals surface area contributed by atoms with E-state index < -0.39 is 84.1 Å². The van der Waals surface area contributed by atoms with Gasteiger partial charge in [-0.1, -0.05) is 64.7 Å². The lowest BCUT2D eigenvalue weighted by molar-refractivity contribution is -0.143. The molecule has 4 fully saturated rings. The number of likely N-dealkylation sites (tertiary alicyclic amines) is 1. The van der Waals surface area contributed by atoms with Crippen molar-refractivity contribution in [3.63, 3.8) is 0 Å². The lowest BCUT2D eigenvalue weighted by atomic mass is 9.85. The Morgan fingerprint density at radius 1 is 0.948 bits per heavy atom. The maximum Gasteiger partial charge on any atom is 0.435 e. The third kappa shape index (κ3) is 10.0. The zero-order chi connectivity index (χ0) is 42.2. The number of fused-ring (bicyclic) bond motifs is 1. The monoisotopic (exact) mass is 831 g/mol. The topological polar surface area (TPSA) is 182 Å². The Morgan fingerprint density at radius 2 is 1.57 bits per heavy atom. The van der Waals surface area contributed by atoms with Crippen LogP contribution in [-0.2, 0) is 50.6 Å². The van der Waals surface area contributed by atoms with Crippen LogP contribution in [0.4, 0.5) is 14.0 Å². The van der Waals surface area contributed by atoms with Crippen LogP contribution in [-0.4, -0.2) is 87.8 Å². The summed E-state index contributed by atoms with van der Waals surface area (Å²) in [6, 6.07) is 2.16. The van der Waals surface area contributed by atoms with Crippen molar-refractivity contribution in [3.05, 3.63) is 47.8 Å². The molecule has 5 aliphatic rings. The van der Waals surface area contributed by atoms with Gasteiger partial charge in [0, 0.05) is 24.4 Å². The van der Waals surface area contributed by atoms with E-state index in [-0.39, 0.29) is 44.7 Å². The number of carbonyl (C=O) groups excluding carboxylic acids is 5. The lowest BCUT2D eigenvalue weighted by Gasteiger charge is -2.36. The van der Waals surface area contributed by atoms with Gasteiger partial charge in [0.15, 0.2) is 0 Å². The third-order valence-corrected chi connectivity index (χ3v) is 13.2. The molecule has 17 heteroatoms. The first-order valence-corrected chi connectivity index (χ1v) is 22.0. The molecule has 58 heavy (non-hydrogen) atoms. The van der Waals surface area contributed by atoms with Crippen molar-refractivity contribution in [2.45, 2.75) is 160 Å². The number of hydrogen-bond acceptors (Lipinski definition) is 10. The van der Waals surface area contributed by atoms with Gasteiger partial charge in [-0.15, -0.1) is 6.58 Å². The predicted molar refractivity (Wildman–Crippen MR) is 210 cm³/mol. The van der Waals surface area contributed by atoms with Crippen molar-refractivity contribution in [2.75, 3.05) is 6.54 Å². The van der Waals surface area contributed by atoms with Gasteiger partial charge in [0.05, 0.1) is 25.3 Å². The van der Waals surface area contributed by atoms with Crippen molar-refractivity contribution in [1.29, 1.82) is 0 Å². The van der Waals surface area contributed by atoms with Crippen molar-refractivity contribution < 1.29 is 51.4 Å². The molecule has 1 saturated heterocycles. The summed E-state index contributed by atoms with van der Waals surface area (Å²) in [4.78, 5) is 72.4. The van der Waals surface area contributed by atoms with Crippen LogP contribution in [0, 0.1) is 17.2 Å². The summed E-state index contributed by atoms with van der Waals surface area (Å²) in [5.74, 6) is -3.11. The zero-order valence-electron chi connectivity index (χ0n) is 34.5. The van der Waals surface area contributed by atoms with Crippen LogP contribution in [0.5, 0.6) is 0 Å². The van der Waals surface area contributed by atoms with Gasteiger partial charge in [-0.05, 0) is 69.9 Å². The van der Waals surface area contributed by atoms with E-state index in [4.69, 9.17) is 18.5 Å². The standard InChI is InChI=1S/C41H59FN5O10P/c1-8-26-21-41(26,36(50)45-58(53,56-27-15-9-10-16-27)57-28-17-11-12-18-28)44-34(48)32-20-29(54-38(52)46-22-25-14-13-19-31(42)30(25)24-46)23-47(32)35(49)33(39(2,3)4)43-37(51)55-40(5,6)7/h8,13-14,19,26-29,32-33H,1,9-12,15-18,20-24H2,2-7H3,(H,43,51)(H,44,48)(H,45,50,53)/t26?,29?,32-,33+,41+/m0/s1. The van der Waals surface area contributed by atoms with Gasteiger partial charge in [-0.3, -0.25) is 33.4 Å². The minimum atomic E-state index is -4.17. The molecule has 0 bridgehead atoms. The Bertz CT molecular complexity index is 1800. The van der Waals surface area contributed by atoms with Crippen LogP contribution in [0.3, 0.4) is 0 Å². The van der Waals surface area contributed by atoms with Crippen LogP contribution in [0.1, 0.15) is 117 Å². The number of ether oxygens (including phenoxy) is 2. The second-order valence-electron chi connectivity index (χ2n) is 18.4. The lowest BCUT2D eigenvalue weighted by Crippen LogP contribution is -2.60. The normalized spacial score (nSPS) is 25.5. The largest absolute Gasteiger partial charge is 0.444 e. The number of nitrogens with one attached hydrogen (secondary N) is 3. The maximum atomic E-state index is 14.6. The van der Waals surface area contributed by atoms with Crippen molar-refractivity contribution >= 4 is 37.7 Å². The average molecular weight is 832 g/mol. The van der Waals surface area contributed by atoms with E-state index in [1.165, 1.54) is 21.9 Å². The predicted octanol–water partition coefficient (Wildman–Crippen LogP) is 6.39. The summed E-state index contributed by atoms with van der Waals surface area (Å²) in [6.45, 7) is 14.1. The molecule has 15 nitrogen and oxygen atoms in total. The average Bonchev–Trinajstić information content (AvgIpc) is 3.74. The first-order chi connectivity index (χ1) is 27.2. The SMILES string of the molecule is C=CC1C[C@]1(NC(=O)[C@@H]1CC(OC(=O)N2Cc3cccc(F)c3C2)CN1C(=O)[C@@H](NC(=O)OC(C)(C)C)C(C)(C)C)C(=O)NP(=O)(OC1CCCC1)OC1CCCC1. The molecule has 3 N–H and O–H groups in total. The van der Waals surface area contributed by atoms with Crippen LogP contribution >= 0.6 is 7.75 Å². The number of benzene rings is 1. The molecule has 2 heterocycles. The number of rotatable bonds is 12. The van der Waals surface area contributed by atoms with Gasteiger partial charge in [0.1, 0.15) is 35.1 Å². The minimum Gasteiger partial charge on any atom is -0.444 e. The number of hydrogen-bond donors (Lipinski definition) is 3. The molecule has 5 amide bonds. The van der Waals surface area contributed by atoms with Gasteiger partial charge in [-0.2, -0.15) is 0 Å². The Hall–Kier alpha value is -4.01. The maximum absolute atomic E-state index is 14.6. The summed E-state index contributed by atoms with van der Waals surface area (Å²) >= 11 is 0. The van der Waals surface area contributed by atoms with Crippen LogP contribution in [0.2, 0.25) is 0 Å². The Morgan fingerprint density at radius 3 is 2.10 bits per heavy atom. The quantitative estimate of drug-likeness (QED) is 0.158. The fraction of sp³-hybridized carbons (Fsp3) is 0.683. The number of amides is 5. The number of nitrogens with zero attached hydrogens (tertiary/aromatic N) is 2. The first-order valence-electron chi connectivity index (χ1n) is 20.5. The molecule has 1 aromatic carbocycles. The van der Waals surface area contributed by atoms with Gasteiger partial charge in [0.2, 0.25) is 11.8 Å². The molecule has 3 aliphatic carbocycles.